The molecule has 1 aliphatic heterocycles. The summed E-state index contributed by atoms with van der Waals surface area (Å²) in [4.78, 5) is 13.4. The number of halogens is 1. The van der Waals surface area contributed by atoms with E-state index >= 15 is 0 Å². The van der Waals surface area contributed by atoms with Gasteiger partial charge in [-0.2, -0.15) is 4.31 Å². The van der Waals surface area contributed by atoms with Crippen molar-refractivity contribution in [1.29, 1.82) is 0 Å². The van der Waals surface area contributed by atoms with Gasteiger partial charge in [-0.3, -0.25) is 4.79 Å². The zero-order chi connectivity index (χ0) is 15.6. The second-order valence-corrected chi connectivity index (χ2v) is 7.96. The quantitative estimate of drug-likeness (QED) is 0.813. The van der Waals surface area contributed by atoms with Gasteiger partial charge in [-0.25, -0.2) is 8.42 Å². The Morgan fingerprint density at radius 2 is 1.86 bits per heavy atom. The number of rotatable bonds is 3. The van der Waals surface area contributed by atoms with Crippen molar-refractivity contribution in [2.45, 2.75) is 30.7 Å². The number of hydrogen-bond donors (Lipinski definition) is 0. The van der Waals surface area contributed by atoms with Gasteiger partial charge in [0.05, 0.1) is 4.90 Å². The topological polar surface area (TPSA) is 57.7 Å². The van der Waals surface area contributed by atoms with E-state index in [1.54, 1.807) is 36.2 Å². The molecule has 0 spiro atoms. The number of hydrogen-bond acceptors (Lipinski definition) is 3. The van der Waals surface area contributed by atoms with Crippen molar-refractivity contribution in [3.8, 4) is 0 Å². The van der Waals surface area contributed by atoms with Crippen molar-refractivity contribution in [1.82, 2.24) is 9.21 Å². The van der Waals surface area contributed by atoms with Crippen LogP contribution >= 0.6 is 15.9 Å². The third kappa shape index (κ3) is 3.46. The number of nitrogens with zero attached hydrogens (tertiary/aromatic N) is 2. The molecule has 1 amide bonds. The number of piperidine rings is 1. The van der Waals surface area contributed by atoms with Crippen molar-refractivity contribution >= 4 is 31.9 Å². The van der Waals surface area contributed by atoms with Gasteiger partial charge in [-0.05, 0) is 40.9 Å². The lowest BCUT2D eigenvalue weighted by molar-refractivity contribution is -0.130. The molecule has 1 aromatic carbocycles. The van der Waals surface area contributed by atoms with Crippen molar-refractivity contribution in [3.05, 3.63) is 28.7 Å². The molecule has 0 N–H and O–H groups in total. The van der Waals surface area contributed by atoms with Crippen molar-refractivity contribution in [3.63, 3.8) is 0 Å². The predicted molar refractivity (Wildman–Crippen MR) is 84.4 cm³/mol. The lowest BCUT2D eigenvalue weighted by Crippen LogP contribution is -2.46. The third-order valence-corrected chi connectivity index (χ3v) is 6.83. The summed E-state index contributed by atoms with van der Waals surface area (Å²) in [5, 5.41) is 0. The molecule has 1 heterocycles. The van der Waals surface area contributed by atoms with Crippen molar-refractivity contribution in [2.24, 2.45) is 0 Å². The van der Waals surface area contributed by atoms with E-state index in [-0.39, 0.29) is 11.9 Å². The van der Waals surface area contributed by atoms with Crippen molar-refractivity contribution in [2.75, 3.05) is 20.1 Å². The summed E-state index contributed by atoms with van der Waals surface area (Å²) in [6.07, 6.45) is 1.33. The van der Waals surface area contributed by atoms with Crippen molar-refractivity contribution < 1.29 is 13.2 Å². The Labute approximate surface area is 134 Å². The third-order valence-electron chi connectivity index (χ3n) is 3.92. The Morgan fingerprint density at radius 1 is 1.29 bits per heavy atom. The Kier molecular flexibility index (Phi) is 5.06. The maximum Gasteiger partial charge on any atom is 0.244 e. The summed E-state index contributed by atoms with van der Waals surface area (Å²) < 4.78 is 27.3. The van der Waals surface area contributed by atoms with Gasteiger partial charge in [0.15, 0.2) is 0 Å². The molecule has 1 saturated heterocycles. The second kappa shape index (κ2) is 6.46. The molecule has 1 fully saturated rings. The molecule has 7 heteroatoms. The van der Waals surface area contributed by atoms with E-state index < -0.39 is 10.0 Å². The summed E-state index contributed by atoms with van der Waals surface area (Å²) >= 11 is 3.29. The smallest absolute Gasteiger partial charge is 0.244 e. The molecule has 2 rings (SSSR count). The van der Waals surface area contributed by atoms with Gasteiger partial charge in [-0.1, -0.05) is 12.1 Å². The summed E-state index contributed by atoms with van der Waals surface area (Å²) in [6.45, 7) is 2.40. The normalized spacial score (nSPS) is 17.7. The minimum Gasteiger partial charge on any atom is -0.343 e. The predicted octanol–water partition coefficient (Wildman–Crippen LogP) is 2.08. The van der Waals surface area contributed by atoms with Gasteiger partial charge in [0.2, 0.25) is 15.9 Å². The van der Waals surface area contributed by atoms with Crippen LogP contribution in [-0.4, -0.2) is 49.7 Å². The van der Waals surface area contributed by atoms with E-state index in [4.69, 9.17) is 0 Å². The molecular weight excluding hydrogens is 356 g/mol. The van der Waals surface area contributed by atoms with Crippen LogP contribution in [0.2, 0.25) is 0 Å². The van der Waals surface area contributed by atoms with Crippen LogP contribution in [0.25, 0.3) is 0 Å². The standard InChI is InChI=1S/C14H19BrN2O3S/c1-11(18)16(2)12-7-9-17(10-8-12)21(19,20)14-6-4-3-5-13(14)15/h3-6,12H,7-10H2,1-2H3. The Hall–Kier alpha value is -0.920. The molecule has 0 radical (unpaired) electrons. The maximum absolute atomic E-state index is 12.6. The molecule has 0 atom stereocenters. The Balaban J connectivity index is 2.12. The van der Waals surface area contributed by atoms with E-state index in [0.29, 0.717) is 35.3 Å². The van der Waals surface area contributed by atoms with Gasteiger partial charge in [0.25, 0.3) is 0 Å². The Bertz CT molecular complexity index is 625. The van der Waals surface area contributed by atoms with E-state index in [2.05, 4.69) is 15.9 Å². The molecule has 0 saturated carbocycles. The molecule has 116 valence electrons. The molecule has 0 aromatic heterocycles. The summed E-state index contributed by atoms with van der Waals surface area (Å²) in [7, 11) is -1.71. The average molecular weight is 375 g/mol. The summed E-state index contributed by atoms with van der Waals surface area (Å²) in [6, 6.07) is 6.95. The molecule has 1 aliphatic rings. The van der Waals surface area contributed by atoms with E-state index in [9.17, 15) is 13.2 Å². The highest BCUT2D eigenvalue weighted by molar-refractivity contribution is 9.10. The van der Waals surface area contributed by atoms with Crippen LogP contribution in [0.15, 0.2) is 33.6 Å². The SMILES string of the molecule is CC(=O)N(C)C1CCN(S(=O)(=O)c2ccccc2Br)CC1. The first-order chi connectivity index (χ1) is 9.84. The fraction of sp³-hybridized carbons (Fsp3) is 0.500. The van der Waals surface area contributed by atoms with Crippen LogP contribution in [0, 0.1) is 0 Å². The van der Waals surface area contributed by atoms with Crippen LogP contribution in [0.4, 0.5) is 0 Å². The average Bonchev–Trinajstić information content (AvgIpc) is 2.46. The van der Waals surface area contributed by atoms with Crippen LogP contribution in [0.3, 0.4) is 0 Å². The van der Waals surface area contributed by atoms with Gasteiger partial charge in [0.1, 0.15) is 0 Å². The van der Waals surface area contributed by atoms with Gasteiger partial charge in [-0.15, -0.1) is 0 Å². The fourth-order valence-electron chi connectivity index (χ4n) is 2.52. The van der Waals surface area contributed by atoms with Crippen LogP contribution in [0.1, 0.15) is 19.8 Å². The van der Waals surface area contributed by atoms with Crippen LogP contribution in [0.5, 0.6) is 0 Å². The first kappa shape index (κ1) is 16.5. The fourth-order valence-corrected chi connectivity index (χ4v) is 4.95. The lowest BCUT2D eigenvalue weighted by atomic mass is 10.1. The molecule has 21 heavy (non-hydrogen) atoms. The molecule has 0 unspecified atom stereocenters. The highest BCUT2D eigenvalue weighted by Crippen LogP contribution is 2.27. The zero-order valence-corrected chi connectivity index (χ0v) is 14.5. The molecular formula is C14H19BrN2O3S. The molecule has 5 nitrogen and oxygen atoms in total. The summed E-state index contributed by atoms with van der Waals surface area (Å²) in [5.41, 5.74) is 0. The second-order valence-electron chi connectivity index (χ2n) is 5.20. The highest BCUT2D eigenvalue weighted by Gasteiger charge is 2.32. The van der Waals surface area contributed by atoms with Gasteiger partial charge >= 0.3 is 0 Å². The minimum atomic E-state index is -3.48. The number of carbonyl (C=O) groups excluding carboxylic acids is 1. The summed E-state index contributed by atoms with van der Waals surface area (Å²) in [5.74, 6) is 0.0158. The number of sulfonamides is 1. The van der Waals surface area contributed by atoms with E-state index in [0.717, 1.165) is 0 Å². The molecule has 0 aliphatic carbocycles. The monoisotopic (exact) mass is 374 g/mol. The Morgan fingerprint density at radius 3 is 2.38 bits per heavy atom. The number of carbonyl (C=O) groups is 1. The number of benzene rings is 1. The largest absolute Gasteiger partial charge is 0.343 e. The zero-order valence-electron chi connectivity index (χ0n) is 12.1. The van der Waals surface area contributed by atoms with Crippen LogP contribution in [-0.2, 0) is 14.8 Å². The number of amides is 1. The van der Waals surface area contributed by atoms with Gasteiger partial charge in [0, 0.05) is 37.6 Å². The highest BCUT2D eigenvalue weighted by atomic mass is 79.9. The lowest BCUT2D eigenvalue weighted by Gasteiger charge is -2.35. The molecule has 1 aromatic rings. The van der Waals surface area contributed by atoms with E-state index in [1.807, 2.05) is 0 Å². The molecule has 0 bridgehead atoms. The van der Waals surface area contributed by atoms with Crippen LogP contribution < -0.4 is 0 Å². The first-order valence-electron chi connectivity index (χ1n) is 6.82. The maximum atomic E-state index is 12.6. The van der Waals surface area contributed by atoms with Gasteiger partial charge < -0.3 is 4.90 Å². The first-order valence-corrected chi connectivity index (χ1v) is 9.05. The minimum absolute atomic E-state index is 0.0158. The van der Waals surface area contributed by atoms with E-state index in [1.165, 1.54) is 11.2 Å².